The van der Waals surface area contributed by atoms with Gasteiger partial charge >= 0.3 is 0 Å². The Balaban J connectivity index is 1.69. The second-order valence-corrected chi connectivity index (χ2v) is 6.16. The Morgan fingerprint density at radius 2 is 2.04 bits per heavy atom. The average molecular weight is 355 g/mol. The smallest absolute Gasteiger partial charge is 0.271 e. The Hall–Kier alpha value is -2.51. The van der Waals surface area contributed by atoms with Crippen molar-refractivity contribution in [1.29, 1.82) is 0 Å². The number of carbonyl (C=O) groups is 1. The number of likely N-dealkylation sites (N-methyl/N-ethyl adjacent to an activating group) is 1. The molecule has 7 nitrogen and oxygen atoms in total. The maximum atomic E-state index is 11.5. The van der Waals surface area contributed by atoms with Crippen molar-refractivity contribution >= 4 is 11.7 Å². The highest BCUT2D eigenvalue weighted by molar-refractivity contribution is 5.91. The zero-order chi connectivity index (χ0) is 18.4. The molecule has 138 valence electrons. The SMILES string of the molecule is CCN1CCO[C@@H](CNc2ccc(C(=O)NC)nn2)[C@@H]1c1ccccc1. The molecule has 1 aliphatic heterocycles. The third-order valence-electron chi connectivity index (χ3n) is 4.61. The first-order valence-electron chi connectivity index (χ1n) is 8.93. The molecule has 7 heteroatoms. The quantitative estimate of drug-likeness (QED) is 0.821. The number of ether oxygens (including phenoxy) is 1. The zero-order valence-corrected chi connectivity index (χ0v) is 15.2. The van der Waals surface area contributed by atoms with Gasteiger partial charge in [-0.15, -0.1) is 10.2 Å². The summed E-state index contributed by atoms with van der Waals surface area (Å²) in [7, 11) is 1.57. The third kappa shape index (κ3) is 4.17. The Morgan fingerprint density at radius 3 is 2.69 bits per heavy atom. The van der Waals surface area contributed by atoms with Crippen molar-refractivity contribution in [2.24, 2.45) is 0 Å². The van der Waals surface area contributed by atoms with Gasteiger partial charge in [0.15, 0.2) is 5.69 Å². The summed E-state index contributed by atoms with van der Waals surface area (Å²) in [5, 5.41) is 13.8. The largest absolute Gasteiger partial charge is 0.373 e. The molecule has 0 saturated carbocycles. The van der Waals surface area contributed by atoms with Crippen LogP contribution in [0, 0.1) is 0 Å². The van der Waals surface area contributed by atoms with Crippen LogP contribution in [0.15, 0.2) is 42.5 Å². The normalized spacial score (nSPS) is 20.5. The number of rotatable bonds is 6. The number of aromatic nitrogens is 2. The molecule has 1 amide bonds. The fraction of sp³-hybridized carbons (Fsp3) is 0.421. The topological polar surface area (TPSA) is 79.4 Å². The van der Waals surface area contributed by atoms with E-state index in [1.165, 1.54) is 5.56 Å². The van der Waals surface area contributed by atoms with E-state index in [0.717, 1.165) is 13.1 Å². The van der Waals surface area contributed by atoms with E-state index in [-0.39, 0.29) is 18.1 Å². The van der Waals surface area contributed by atoms with E-state index < -0.39 is 0 Å². The van der Waals surface area contributed by atoms with E-state index in [4.69, 9.17) is 4.74 Å². The molecule has 1 aliphatic rings. The Kier molecular flexibility index (Phi) is 6.14. The van der Waals surface area contributed by atoms with Crippen LogP contribution in [0.25, 0.3) is 0 Å². The molecule has 0 radical (unpaired) electrons. The van der Waals surface area contributed by atoms with Gasteiger partial charge in [0.1, 0.15) is 5.82 Å². The summed E-state index contributed by atoms with van der Waals surface area (Å²) in [4.78, 5) is 14.0. The molecule has 0 bridgehead atoms. The van der Waals surface area contributed by atoms with Crippen LogP contribution in [0.3, 0.4) is 0 Å². The molecule has 2 heterocycles. The standard InChI is InChI=1S/C19H25N5O2/c1-3-24-11-12-26-16(18(24)14-7-5-4-6-8-14)13-21-17-10-9-15(22-23-17)19(25)20-2/h4-10,16,18H,3,11-13H2,1-2H3,(H,20,25)(H,21,23)/t16-,18-/m0/s1. The second-order valence-electron chi connectivity index (χ2n) is 6.16. The predicted molar refractivity (Wildman–Crippen MR) is 100 cm³/mol. The van der Waals surface area contributed by atoms with Crippen LogP contribution in [0.1, 0.15) is 29.0 Å². The summed E-state index contributed by atoms with van der Waals surface area (Å²) < 4.78 is 6.06. The van der Waals surface area contributed by atoms with Crippen molar-refractivity contribution in [3.05, 3.63) is 53.7 Å². The molecule has 1 aromatic carbocycles. The first kappa shape index (κ1) is 18.3. The van der Waals surface area contributed by atoms with E-state index >= 15 is 0 Å². The van der Waals surface area contributed by atoms with Crippen molar-refractivity contribution < 1.29 is 9.53 Å². The van der Waals surface area contributed by atoms with Gasteiger partial charge in [0.25, 0.3) is 5.91 Å². The van der Waals surface area contributed by atoms with Crippen LogP contribution in [0.2, 0.25) is 0 Å². The van der Waals surface area contributed by atoms with Gasteiger partial charge in [-0.05, 0) is 24.2 Å². The van der Waals surface area contributed by atoms with Gasteiger partial charge < -0.3 is 15.4 Å². The number of anilines is 1. The van der Waals surface area contributed by atoms with Crippen LogP contribution in [0.4, 0.5) is 5.82 Å². The van der Waals surface area contributed by atoms with E-state index in [1.807, 2.05) is 6.07 Å². The van der Waals surface area contributed by atoms with E-state index in [1.54, 1.807) is 19.2 Å². The number of amides is 1. The maximum Gasteiger partial charge on any atom is 0.271 e. The first-order chi connectivity index (χ1) is 12.7. The number of nitrogens with one attached hydrogen (secondary N) is 2. The van der Waals surface area contributed by atoms with Crippen LogP contribution in [0.5, 0.6) is 0 Å². The number of hydrogen-bond donors (Lipinski definition) is 2. The van der Waals surface area contributed by atoms with Gasteiger partial charge in [-0.25, -0.2) is 0 Å². The molecule has 2 N–H and O–H groups in total. The lowest BCUT2D eigenvalue weighted by Gasteiger charge is -2.41. The number of hydrogen-bond acceptors (Lipinski definition) is 6. The summed E-state index contributed by atoms with van der Waals surface area (Å²) in [5.74, 6) is 0.379. The summed E-state index contributed by atoms with van der Waals surface area (Å²) in [6.07, 6.45) is 0.00603. The highest BCUT2D eigenvalue weighted by Gasteiger charge is 2.32. The Labute approximate surface area is 153 Å². The number of carbonyl (C=O) groups excluding carboxylic acids is 1. The maximum absolute atomic E-state index is 11.5. The minimum atomic E-state index is -0.248. The second kappa shape index (κ2) is 8.73. The number of nitrogens with zero attached hydrogens (tertiary/aromatic N) is 3. The van der Waals surface area contributed by atoms with E-state index in [9.17, 15) is 4.79 Å². The van der Waals surface area contributed by atoms with Crippen molar-refractivity contribution in [3.8, 4) is 0 Å². The molecule has 0 aliphatic carbocycles. The lowest BCUT2D eigenvalue weighted by molar-refractivity contribution is -0.0639. The molecule has 1 aromatic heterocycles. The fourth-order valence-corrected chi connectivity index (χ4v) is 3.27. The number of morpholine rings is 1. The molecule has 26 heavy (non-hydrogen) atoms. The van der Waals surface area contributed by atoms with Crippen molar-refractivity contribution in [2.75, 3.05) is 38.6 Å². The third-order valence-corrected chi connectivity index (χ3v) is 4.61. The lowest BCUT2D eigenvalue weighted by atomic mass is 9.98. The van der Waals surface area contributed by atoms with Crippen LogP contribution >= 0.6 is 0 Å². The summed E-state index contributed by atoms with van der Waals surface area (Å²) in [5.41, 5.74) is 1.55. The van der Waals surface area contributed by atoms with Gasteiger partial charge in [0, 0.05) is 20.1 Å². The molecule has 1 fully saturated rings. The van der Waals surface area contributed by atoms with Gasteiger partial charge in [-0.1, -0.05) is 37.3 Å². The van der Waals surface area contributed by atoms with Crippen molar-refractivity contribution in [1.82, 2.24) is 20.4 Å². The first-order valence-corrected chi connectivity index (χ1v) is 8.93. The number of benzene rings is 1. The molecule has 0 spiro atoms. The Morgan fingerprint density at radius 1 is 1.23 bits per heavy atom. The summed E-state index contributed by atoms with van der Waals surface area (Å²) in [6, 6.07) is 14.1. The minimum absolute atomic E-state index is 0.00603. The zero-order valence-electron chi connectivity index (χ0n) is 15.2. The summed E-state index contributed by atoms with van der Waals surface area (Å²) >= 11 is 0. The molecular formula is C19H25N5O2. The van der Waals surface area contributed by atoms with Crippen LogP contribution < -0.4 is 10.6 Å². The van der Waals surface area contributed by atoms with Gasteiger partial charge in [0.2, 0.25) is 0 Å². The average Bonchev–Trinajstić information content (AvgIpc) is 2.72. The van der Waals surface area contributed by atoms with Gasteiger partial charge in [0.05, 0.1) is 18.8 Å². The van der Waals surface area contributed by atoms with Gasteiger partial charge in [-0.2, -0.15) is 0 Å². The van der Waals surface area contributed by atoms with Crippen LogP contribution in [-0.2, 0) is 4.74 Å². The molecule has 0 unspecified atom stereocenters. The lowest BCUT2D eigenvalue weighted by Crippen LogP contribution is -2.47. The Bertz CT molecular complexity index is 708. The van der Waals surface area contributed by atoms with Crippen LogP contribution in [-0.4, -0.2) is 60.4 Å². The van der Waals surface area contributed by atoms with E-state index in [0.29, 0.717) is 24.7 Å². The molecule has 2 aromatic rings. The summed E-state index contributed by atoms with van der Waals surface area (Å²) in [6.45, 7) is 5.40. The highest BCUT2D eigenvalue weighted by Crippen LogP contribution is 2.29. The molecule has 1 saturated heterocycles. The minimum Gasteiger partial charge on any atom is -0.373 e. The monoisotopic (exact) mass is 355 g/mol. The van der Waals surface area contributed by atoms with Crippen molar-refractivity contribution in [3.63, 3.8) is 0 Å². The van der Waals surface area contributed by atoms with E-state index in [2.05, 4.69) is 56.9 Å². The molecule has 3 rings (SSSR count). The highest BCUT2D eigenvalue weighted by atomic mass is 16.5. The predicted octanol–water partition coefficient (Wildman–Crippen LogP) is 1.71. The molecule has 2 atom stereocenters. The van der Waals surface area contributed by atoms with Crippen molar-refractivity contribution in [2.45, 2.75) is 19.1 Å². The fourth-order valence-electron chi connectivity index (χ4n) is 3.27. The molecular weight excluding hydrogens is 330 g/mol. The van der Waals surface area contributed by atoms with Gasteiger partial charge in [-0.3, -0.25) is 9.69 Å².